The Labute approximate surface area is 36.6 Å². The van der Waals surface area contributed by atoms with Gasteiger partial charge in [0.25, 0.3) is 0 Å². The fourth-order valence-corrected chi connectivity index (χ4v) is 0. The topological polar surface area (TPSA) is 23.9 Å². The first-order valence-corrected chi connectivity index (χ1v) is 1.60. The normalized spacial score (nSPS) is 6.60. The van der Waals surface area contributed by atoms with E-state index in [9.17, 15) is 0 Å². The Hall–Kier alpha value is -0.240. The van der Waals surface area contributed by atoms with Crippen LogP contribution in [0.2, 0.25) is 0 Å². The number of rotatable bonds is 1. The Bertz CT molecular complexity index is 57.9. The van der Waals surface area contributed by atoms with Crippen molar-refractivity contribution in [2.75, 3.05) is 0 Å². The minimum atomic E-state index is 0.491. The molecule has 0 amide bonds. The third kappa shape index (κ3) is 3.76. The van der Waals surface area contributed by atoms with Gasteiger partial charge in [-0.25, -0.2) is 0 Å². The summed E-state index contributed by atoms with van der Waals surface area (Å²) in [6.07, 6.45) is 1.09. The number of allylic oxidation sites excluding steroid dienone is 1. The summed E-state index contributed by atoms with van der Waals surface area (Å²) in [5, 5.41) is 6.36. The first-order chi connectivity index (χ1) is 2.27. The second-order valence-electron chi connectivity index (χ2n) is 0.636. The van der Waals surface area contributed by atoms with Crippen LogP contribution in [0.25, 0.3) is 0 Å². The van der Waals surface area contributed by atoms with Crippen molar-refractivity contribution >= 4 is 18.8 Å². The van der Waals surface area contributed by atoms with Crippen LogP contribution in [0.1, 0.15) is 0 Å². The Balaban J connectivity index is 3.20. The molecule has 0 saturated carbocycles. The molecule has 0 bridgehead atoms. The van der Waals surface area contributed by atoms with Gasteiger partial charge in [-0.15, -0.1) is 12.6 Å². The van der Waals surface area contributed by atoms with E-state index in [0.29, 0.717) is 4.91 Å². The van der Waals surface area contributed by atoms with Crippen LogP contribution in [-0.2, 0) is 0 Å². The molecule has 0 unspecified atom stereocenters. The van der Waals surface area contributed by atoms with Crippen LogP contribution < -0.4 is 0 Å². The van der Waals surface area contributed by atoms with E-state index in [1.807, 2.05) is 0 Å². The minimum Gasteiger partial charge on any atom is -0.308 e. The minimum absolute atomic E-state index is 0.491. The zero-order valence-corrected chi connectivity index (χ0v) is 3.63. The first kappa shape index (κ1) is 4.76. The molecule has 0 rings (SSSR count). The first-order valence-electron chi connectivity index (χ1n) is 1.15. The molecule has 0 aromatic heterocycles. The predicted molar refractivity (Wildman–Crippen MR) is 26.9 cm³/mol. The maximum Gasteiger partial charge on any atom is 0.0305 e. The van der Waals surface area contributed by atoms with Crippen molar-refractivity contribution in [2.45, 2.75) is 0 Å². The molecule has 0 atom stereocenters. The van der Waals surface area contributed by atoms with Crippen LogP contribution in [0.3, 0.4) is 0 Å². The highest BCUT2D eigenvalue weighted by atomic mass is 32.1. The zero-order valence-electron chi connectivity index (χ0n) is 2.73. The summed E-state index contributed by atoms with van der Waals surface area (Å²) in [7, 11) is 0. The van der Waals surface area contributed by atoms with Gasteiger partial charge in [0.1, 0.15) is 0 Å². The van der Waals surface area contributed by atoms with Gasteiger partial charge in [0.05, 0.1) is 0 Å². The molecular weight excluding hydrogens is 82.1 g/mol. The van der Waals surface area contributed by atoms with Crippen molar-refractivity contribution in [3.8, 4) is 0 Å². The molecule has 0 radical (unpaired) electrons. The van der Waals surface area contributed by atoms with E-state index in [4.69, 9.17) is 5.41 Å². The van der Waals surface area contributed by atoms with Crippen molar-refractivity contribution in [1.29, 1.82) is 5.41 Å². The second kappa shape index (κ2) is 2.03. The zero-order chi connectivity index (χ0) is 4.28. The van der Waals surface area contributed by atoms with Crippen molar-refractivity contribution in [3.05, 3.63) is 11.5 Å². The largest absolute Gasteiger partial charge is 0.308 e. The molecule has 0 fully saturated rings. The Morgan fingerprint density at radius 1 is 2.00 bits per heavy atom. The van der Waals surface area contributed by atoms with E-state index in [0.717, 1.165) is 6.21 Å². The summed E-state index contributed by atoms with van der Waals surface area (Å²) in [6, 6.07) is 0. The highest BCUT2D eigenvalue weighted by Crippen LogP contribution is 1.84. The van der Waals surface area contributed by atoms with E-state index in [1.54, 1.807) is 0 Å². The third-order valence-electron chi connectivity index (χ3n) is 0.167. The monoisotopic (exact) mass is 87.0 g/mol. The summed E-state index contributed by atoms with van der Waals surface area (Å²) >= 11 is 3.66. The van der Waals surface area contributed by atoms with Gasteiger partial charge in [-0.1, -0.05) is 6.58 Å². The molecule has 0 aromatic carbocycles. The predicted octanol–water partition coefficient (Wildman–Crippen LogP) is 1.08. The molecule has 0 aliphatic rings. The van der Waals surface area contributed by atoms with Crippen LogP contribution in [0, 0.1) is 5.41 Å². The maximum atomic E-state index is 6.36. The number of thiol groups is 1. The fourth-order valence-electron chi connectivity index (χ4n) is 0. The lowest BCUT2D eigenvalue weighted by molar-refractivity contribution is 1.58. The molecule has 0 saturated heterocycles. The van der Waals surface area contributed by atoms with Crippen molar-refractivity contribution in [1.82, 2.24) is 0 Å². The van der Waals surface area contributed by atoms with Gasteiger partial charge >= 0.3 is 0 Å². The van der Waals surface area contributed by atoms with E-state index < -0.39 is 0 Å². The molecule has 0 spiro atoms. The standard InChI is InChI=1S/C3H5NS/c1-3(5)2-4/h2,4-5H,1H2. The lowest BCUT2D eigenvalue weighted by atomic mass is 10.7. The van der Waals surface area contributed by atoms with Crippen LogP contribution in [-0.4, -0.2) is 6.21 Å². The van der Waals surface area contributed by atoms with Gasteiger partial charge in [0.2, 0.25) is 0 Å². The molecule has 5 heavy (non-hydrogen) atoms. The smallest absolute Gasteiger partial charge is 0.0305 e. The Morgan fingerprint density at radius 2 is 2.20 bits per heavy atom. The SMILES string of the molecule is C=C(S)C=N. The number of hydrogen-bond donors (Lipinski definition) is 2. The van der Waals surface area contributed by atoms with Gasteiger partial charge in [-0.05, 0) is 0 Å². The van der Waals surface area contributed by atoms with Gasteiger partial charge in [-0.2, -0.15) is 0 Å². The van der Waals surface area contributed by atoms with Gasteiger partial charge in [0, 0.05) is 11.1 Å². The average Bonchev–Trinajstić information content (AvgIpc) is 1.38. The average molecular weight is 87.1 g/mol. The summed E-state index contributed by atoms with van der Waals surface area (Å²) in [5.74, 6) is 0. The summed E-state index contributed by atoms with van der Waals surface area (Å²) in [4.78, 5) is 0.491. The van der Waals surface area contributed by atoms with Gasteiger partial charge < -0.3 is 5.41 Å². The summed E-state index contributed by atoms with van der Waals surface area (Å²) in [6.45, 7) is 3.29. The van der Waals surface area contributed by atoms with Gasteiger partial charge in [-0.3, -0.25) is 0 Å². The van der Waals surface area contributed by atoms with Crippen molar-refractivity contribution in [2.24, 2.45) is 0 Å². The number of hydrogen-bond acceptors (Lipinski definition) is 2. The molecule has 2 heteroatoms. The van der Waals surface area contributed by atoms with E-state index >= 15 is 0 Å². The maximum absolute atomic E-state index is 6.36. The molecule has 0 aromatic rings. The van der Waals surface area contributed by atoms with E-state index in [-0.39, 0.29) is 0 Å². The quantitative estimate of drug-likeness (QED) is 0.353. The highest BCUT2D eigenvalue weighted by molar-refractivity contribution is 7.85. The highest BCUT2D eigenvalue weighted by Gasteiger charge is 1.62. The Morgan fingerprint density at radius 3 is 2.20 bits per heavy atom. The molecule has 0 heterocycles. The number of nitrogens with one attached hydrogen (secondary N) is 1. The molecule has 1 N–H and O–H groups in total. The lowest BCUT2D eigenvalue weighted by Crippen LogP contribution is -1.58. The second-order valence-corrected chi connectivity index (χ2v) is 1.21. The van der Waals surface area contributed by atoms with E-state index in [2.05, 4.69) is 19.2 Å². The van der Waals surface area contributed by atoms with Crippen LogP contribution in [0.5, 0.6) is 0 Å². The van der Waals surface area contributed by atoms with Crippen LogP contribution in [0.15, 0.2) is 11.5 Å². The molecule has 1 nitrogen and oxygen atoms in total. The summed E-state index contributed by atoms with van der Waals surface area (Å²) in [5.41, 5.74) is 0. The van der Waals surface area contributed by atoms with Crippen LogP contribution in [0.4, 0.5) is 0 Å². The van der Waals surface area contributed by atoms with E-state index in [1.165, 1.54) is 0 Å². The third-order valence-corrected chi connectivity index (χ3v) is 0.296. The Kier molecular flexibility index (Phi) is 1.93. The lowest BCUT2D eigenvalue weighted by Gasteiger charge is -1.68. The van der Waals surface area contributed by atoms with Crippen LogP contribution >= 0.6 is 12.6 Å². The van der Waals surface area contributed by atoms with Gasteiger partial charge in [0.15, 0.2) is 0 Å². The van der Waals surface area contributed by atoms with Crippen molar-refractivity contribution in [3.63, 3.8) is 0 Å². The van der Waals surface area contributed by atoms with Crippen molar-refractivity contribution < 1.29 is 0 Å². The molecule has 0 aliphatic heterocycles. The molecular formula is C3H5NS. The summed E-state index contributed by atoms with van der Waals surface area (Å²) < 4.78 is 0. The molecule has 28 valence electrons. The fraction of sp³-hybridized carbons (Fsp3) is 0. The molecule has 0 aliphatic carbocycles.